The van der Waals surface area contributed by atoms with Gasteiger partial charge in [0, 0.05) is 12.3 Å². The van der Waals surface area contributed by atoms with Crippen molar-refractivity contribution in [2.24, 2.45) is 0 Å². The third kappa shape index (κ3) is 3.96. The molecule has 1 aromatic rings. The summed E-state index contributed by atoms with van der Waals surface area (Å²) in [6.07, 6.45) is 5.91. The first kappa shape index (κ1) is 16.3. The Balaban J connectivity index is 2.10. The van der Waals surface area contributed by atoms with Gasteiger partial charge in [0.05, 0.1) is 5.70 Å². The van der Waals surface area contributed by atoms with Crippen LogP contribution in [0.1, 0.15) is 18.9 Å². The van der Waals surface area contributed by atoms with E-state index in [1.165, 1.54) is 41.6 Å². The highest BCUT2D eigenvalue weighted by molar-refractivity contribution is 5.91. The summed E-state index contributed by atoms with van der Waals surface area (Å²) >= 11 is 0. The molecule has 1 aromatic carbocycles. The molecule has 6 heteroatoms. The van der Waals surface area contributed by atoms with Crippen molar-refractivity contribution in [3.05, 3.63) is 71.0 Å². The third-order valence-corrected chi connectivity index (χ3v) is 3.16. The van der Waals surface area contributed by atoms with E-state index in [-0.39, 0.29) is 17.1 Å². The largest absolute Gasteiger partial charge is 0.505 e. The second-order valence-electron chi connectivity index (χ2n) is 4.71. The van der Waals surface area contributed by atoms with Crippen LogP contribution >= 0.6 is 0 Å². The maximum atomic E-state index is 13.1. The number of aliphatic hydroxyl groups excluding tert-OH is 1. The summed E-state index contributed by atoms with van der Waals surface area (Å²) in [4.78, 5) is 22.6. The van der Waals surface area contributed by atoms with E-state index in [1.54, 1.807) is 25.0 Å². The molecule has 0 radical (unpaired) electrons. The van der Waals surface area contributed by atoms with Crippen LogP contribution in [0.15, 0.2) is 59.6 Å². The fourth-order valence-corrected chi connectivity index (χ4v) is 2.05. The molecule has 0 bridgehead atoms. The Kier molecular flexibility index (Phi) is 5.12. The Morgan fingerprint density at radius 1 is 1.48 bits per heavy atom. The number of nitrogens with zero attached hydrogens (tertiary/aromatic N) is 1. The molecule has 1 aliphatic heterocycles. The van der Waals surface area contributed by atoms with E-state index in [0.717, 1.165) is 0 Å². The minimum Gasteiger partial charge on any atom is -0.505 e. The van der Waals surface area contributed by atoms with Crippen LogP contribution < -0.4 is 5.43 Å². The summed E-state index contributed by atoms with van der Waals surface area (Å²) in [6.45, 7) is 1.77. The molecule has 1 amide bonds. The van der Waals surface area contributed by atoms with Crippen LogP contribution in [0.4, 0.5) is 4.39 Å². The smallest absolute Gasteiger partial charge is 0.262 e. The molecular formula is C17H15FN2O3. The van der Waals surface area contributed by atoms with E-state index in [1.807, 2.05) is 0 Å². The quantitative estimate of drug-likeness (QED) is 0.662. The maximum Gasteiger partial charge on any atom is 0.262 e. The molecule has 0 atom stereocenters. The summed E-state index contributed by atoms with van der Waals surface area (Å²) in [5.74, 6) is 0.554. The lowest BCUT2D eigenvalue weighted by molar-refractivity contribution is -0.119. The zero-order chi connectivity index (χ0) is 16.8. The van der Waals surface area contributed by atoms with Crippen molar-refractivity contribution in [3.63, 3.8) is 0 Å². The van der Waals surface area contributed by atoms with Gasteiger partial charge in [0.15, 0.2) is 5.76 Å². The van der Waals surface area contributed by atoms with Crippen molar-refractivity contribution in [1.82, 2.24) is 10.4 Å². The Hall–Kier alpha value is -3.11. The lowest BCUT2D eigenvalue weighted by Gasteiger charge is -2.26. The van der Waals surface area contributed by atoms with E-state index in [2.05, 4.69) is 5.43 Å². The molecule has 0 saturated carbocycles. The van der Waals surface area contributed by atoms with Crippen molar-refractivity contribution >= 4 is 17.9 Å². The average Bonchev–Trinajstić information content (AvgIpc) is 2.53. The summed E-state index contributed by atoms with van der Waals surface area (Å²) in [5.41, 5.74) is 3.50. The Labute approximate surface area is 132 Å². The highest BCUT2D eigenvalue weighted by atomic mass is 19.1. The number of hydrogen-bond donors (Lipinski definition) is 2. The van der Waals surface area contributed by atoms with Crippen molar-refractivity contribution in [1.29, 1.82) is 0 Å². The molecule has 0 aromatic heterocycles. The molecule has 0 fully saturated rings. The minimum absolute atomic E-state index is 0.0302. The lowest BCUT2D eigenvalue weighted by Crippen LogP contribution is -2.38. The first-order valence-corrected chi connectivity index (χ1v) is 6.94. The van der Waals surface area contributed by atoms with Gasteiger partial charge in [-0.25, -0.2) is 9.18 Å². The van der Waals surface area contributed by atoms with Gasteiger partial charge >= 0.3 is 0 Å². The van der Waals surface area contributed by atoms with Gasteiger partial charge in [-0.2, -0.15) is 0 Å². The molecule has 2 N–H and O–H groups in total. The van der Waals surface area contributed by atoms with Gasteiger partial charge in [-0.1, -0.05) is 19.1 Å². The molecule has 1 aliphatic rings. The van der Waals surface area contributed by atoms with E-state index >= 15 is 0 Å². The number of carbonyl (C=O) groups is 1. The number of amides is 1. The fraction of sp³-hybridized carbons (Fsp3) is 0.118. The van der Waals surface area contributed by atoms with Crippen LogP contribution in [-0.2, 0) is 9.59 Å². The normalized spacial score (nSPS) is 14.3. The van der Waals surface area contributed by atoms with Crippen molar-refractivity contribution in [3.8, 4) is 0 Å². The third-order valence-electron chi connectivity index (χ3n) is 3.16. The van der Waals surface area contributed by atoms with E-state index in [4.69, 9.17) is 0 Å². The number of rotatable bonds is 4. The van der Waals surface area contributed by atoms with Crippen molar-refractivity contribution in [2.45, 2.75) is 13.3 Å². The molecule has 23 heavy (non-hydrogen) atoms. The molecule has 0 spiro atoms. The van der Waals surface area contributed by atoms with Gasteiger partial charge in [0.1, 0.15) is 17.3 Å². The Morgan fingerprint density at radius 3 is 2.91 bits per heavy atom. The molecule has 0 unspecified atom stereocenters. The number of aliphatic hydroxyl groups is 1. The molecule has 2 rings (SSSR count). The molecule has 118 valence electrons. The van der Waals surface area contributed by atoms with Crippen LogP contribution in [0.5, 0.6) is 0 Å². The van der Waals surface area contributed by atoms with Gasteiger partial charge in [-0.15, -0.1) is 0 Å². The topological polar surface area (TPSA) is 69.6 Å². The van der Waals surface area contributed by atoms with Crippen LogP contribution in [0.3, 0.4) is 0 Å². The van der Waals surface area contributed by atoms with Gasteiger partial charge in [0.2, 0.25) is 0 Å². The zero-order valence-corrected chi connectivity index (χ0v) is 12.4. The molecule has 0 aliphatic carbocycles. The molecule has 1 heterocycles. The minimum atomic E-state index is -0.462. The van der Waals surface area contributed by atoms with Crippen LogP contribution in [0.25, 0.3) is 6.08 Å². The maximum absolute atomic E-state index is 13.1. The Bertz CT molecular complexity index is 759. The first-order valence-electron chi connectivity index (χ1n) is 6.94. The summed E-state index contributed by atoms with van der Waals surface area (Å²) in [6, 6.07) is 5.83. The number of carbonyl (C=O) groups excluding carboxylic acids is 2. The van der Waals surface area contributed by atoms with Gasteiger partial charge in [-0.3, -0.25) is 15.2 Å². The first-order chi connectivity index (χ1) is 11.0. The number of nitrogens with one attached hydrogen (secondary N) is 1. The highest BCUT2D eigenvalue weighted by Gasteiger charge is 2.19. The number of hydrogen-bond acceptors (Lipinski definition) is 4. The van der Waals surface area contributed by atoms with Gasteiger partial charge in [0.25, 0.3) is 5.91 Å². The number of hydrazine groups is 1. The summed E-state index contributed by atoms with van der Waals surface area (Å²) < 4.78 is 13.1. The monoisotopic (exact) mass is 314 g/mol. The van der Waals surface area contributed by atoms with Crippen LogP contribution in [0, 0.1) is 5.82 Å². The zero-order valence-electron chi connectivity index (χ0n) is 12.4. The van der Waals surface area contributed by atoms with E-state index < -0.39 is 5.91 Å². The van der Waals surface area contributed by atoms with Gasteiger partial charge < -0.3 is 5.11 Å². The van der Waals surface area contributed by atoms with Gasteiger partial charge in [-0.05, 0) is 36.3 Å². The number of benzene rings is 1. The van der Waals surface area contributed by atoms with Crippen molar-refractivity contribution < 1.29 is 19.1 Å². The van der Waals surface area contributed by atoms with E-state index in [0.29, 0.717) is 17.7 Å². The molecular weight excluding hydrogens is 299 g/mol. The molecule has 5 nitrogen and oxygen atoms in total. The average molecular weight is 314 g/mol. The molecule has 0 saturated heterocycles. The second kappa shape index (κ2) is 7.24. The standard InChI is InChI=1S/C17H15FN2O3/c1-2-15-17(23)13(11-21)8-9-20(15)19-16(22)7-6-12-4-3-5-14(18)10-12/h3-10,23H,2H2,1H3,(H,19,22)/b7-6+. The Morgan fingerprint density at radius 2 is 2.26 bits per heavy atom. The predicted molar refractivity (Wildman–Crippen MR) is 83.7 cm³/mol. The fourth-order valence-electron chi connectivity index (χ4n) is 2.05. The SMILES string of the molecule is CCC1=C(O)C(=C=O)C=CN1NC(=O)/C=C/c1cccc(F)c1. The van der Waals surface area contributed by atoms with Crippen LogP contribution in [-0.4, -0.2) is 22.0 Å². The summed E-state index contributed by atoms with van der Waals surface area (Å²) in [7, 11) is 0. The highest BCUT2D eigenvalue weighted by Crippen LogP contribution is 2.22. The predicted octanol–water partition coefficient (Wildman–Crippen LogP) is 2.64. The second-order valence-corrected chi connectivity index (χ2v) is 4.71. The van der Waals surface area contributed by atoms with Crippen molar-refractivity contribution in [2.75, 3.05) is 0 Å². The lowest BCUT2D eigenvalue weighted by atomic mass is 10.1. The summed E-state index contributed by atoms with van der Waals surface area (Å²) in [5, 5.41) is 11.3. The van der Waals surface area contributed by atoms with Crippen LogP contribution in [0.2, 0.25) is 0 Å². The van der Waals surface area contributed by atoms with E-state index in [9.17, 15) is 19.1 Å². The number of halogens is 1. The number of allylic oxidation sites excluding steroid dienone is 2.